The van der Waals surface area contributed by atoms with Crippen LogP contribution in [0, 0.1) is 22.9 Å². The molecular weight excluding hydrogens is 883 g/mol. The van der Waals surface area contributed by atoms with Crippen LogP contribution in [0.5, 0.6) is 11.5 Å². The number of alkyl halides is 3. The number of nitro benzene ring substituents is 1. The highest BCUT2D eigenvalue weighted by Gasteiger charge is 2.24. The van der Waals surface area contributed by atoms with Crippen molar-refractivity contribution in [2.75, 3.05) is 43.9 Å². The van der Waals surface area contributed by atoms with Crippen LogP contribution in [0.1, 0.15) is 24.9 Å². The number of anilines is 1. The molecule has 0 aliphatic heterocycles. The number of carbonyl (C=O) groups is 2. The standard InChI is InChI=1S/C15H14Cl2F3N3O3.C12H9ClN2O3.C3H8NO5P.C3H9S/c1-3-26-13(24)10(17)4-8-5-12(11(18)6-9(8)16)23-15(25)22(14(19)20)7(2)21-23;13-11-10(18-8-4-2-1-3-5-8)7-6-9(12(11)14)15(16)17;5-3(6)1-4-2-10(7,8)9;1-4(2)3/h5-6,10,14H,3-4H2,1-2H3;1-7H,14H2;4H,1-2H2,(H,5,6)(H2,7,8,9);1-3H3/q;;;+1/p-1. The molecule has 5 N–H and O–H groups in total. The summed E-state index contributed by atoms with van der Waals surface area (Å²) in [6.07, 6.45) is 5.76. The Bertz CT molecular complexity index is 2110. The van der Waals surface area contributed by atoms with Crippen LogP contribution in [0.3, 0.4) is 0 Å². The highest BCUT2D eigenvalue weighted by molar-refractivity contribution is 7.94. The summed E-state index contributed by atoms with van der Waals surface area (Å²) < 4.78 is 60.9. The monoisotopic (exact) mass is 920 g/mol. The van der Waals surface area contributed by atoms with Gasteiger partial charge in [0.1, 0.15) is 46.7 Å². The molecule has 0 amide bonds. The lowest BCUT2D eigenvalue weighted by molar-refractivity contribution is -0.383. The Hall–Kier alpha value is -4.34. The van der Waals surface area contributed by atoms with E-state index in [4.69, 9.17) is 60.0 Å². The maximum absolute atomic E-state index is 14.2. The number of esters is 1. The number of para-hydroxylation sites is 1. The van der Waals surface area contributed by atoms with E-state index in [-0.39, 0.29) is 61.8 Å². The van der Waals surface area contributed by atoms with Crippen molar-refractivity contribution in [3.8, 4) is 17.2 Å². The summed E-state index contributed by atoms with van der Waals surface area (Å²) in [4.78, 5) is 61.6. The smallest absolute Gasteiger partial charge is 0.355 e. The van der Waals surface area contributed by atoms with Gasteiger partial charge in [0, 0.05) is 17.5 Å². The van der Waals surface area contributed by atoms with Crippen molar-refractivity contribution in [2.24, 2.45) is 0 Å². The van der Waals surface area contributed by atoms with E-state index in [2.05, 4.69) is 23.9 Å². The van der Waals surface area contributed by atoms with Crippen LogP contribution in [0.25, 0.3) is 5.69 Å². The quantitative estimate of drug-likeness (QED) is 0.0245. The number of nitrogens with zero attached hydrogens (tertiary/aromatic N) is 4. The summed E-state index contributed by atoms with van der Waals surface area (Å²) in [5.74, 6) is -2.23. The molecule has 0 aliphatic carbocycles. The number of benzene rings is 3. The first-order valence-corrected chi connectivity index (χ1v) is 21.5. The maximum atomic E-state index is 14.2. The number of aromatic nitrogens is 3. The molecule has 0 aliphatic rings. The number of carbonyl (C=O) groups excluding carboxylic acids is 1. The van der Waals surface area contributed by atoms with Gasteiger partial charge in [-0.1, -0.05) is 41.4 Å². The third kappa shape index (κ3) is 17.7. The minimum absolute atomic E-state index is 0.0352. The Morgan fingerprint density at radius 3 is 2.21 bits per heavy atom. The molecule has 0 saturated carbocycles. The molecule has 0 spiro atoms. The lowest BCUT2D eigenvalue weighted by atomic mass is 10.1. The molecule has 0 fully saturated rings. The van der Waals surface area contributed by atoms with Crippen molar-refractivity contribution < 1.29 is 56.6 Å². The van der Waals surface area contributed by atoms with Crippen LogP contribution in [-0.4, -0.2) is 84.8 Å². The van der Waals surface area contributed by atoms with Gasteiger partial charge in [-0.2, -0.15) is 13.5 Å². The second-order valence-electron chi connectivity index (χ2n) is 11.5. The van der Waals surface area contributed by atoms with Gasteiger partial charge in [-0.15, -0.1) is 16.7 Å². The van der Waals surface area contributed by atoms with Crippen LogP contribution in [-0.2, 0) is 36.2 Å². The second kappa shape index (κ2) is 24.6. The number of nitrogens with one attached hydrogen (secondary N) is 1. The highest BCUT2D eigenvalue weighted by atomic mass is 35.5. The molecule has 0 bridgehead atoms. The summed E-state index contributed by atoms with van der Waals surface area (Å²) in [7, 11) is -3.71. The summed E-state index contributed by atoms with van der Waals surface area (Å²) in [6.45, 7) is -0.675. The number of carboxylic acids is 1. The molecule has 0 radical (unpaired) electrons. The van der Waals surface area contributed by atoms with E-state index < -0.39 is 60.7 Å². The van der Waals surface area contributed by atoms with Gasteiger partial charge in [-0.3, -0.25) is 25.0 Å². The van der Waals surface area contributed by atoms with Crippen molar-refractivity contribution >= 4 is 76.6 Å². The number of nitrogens with two attached hydrogens (primary N) is 1. The van der Waals surface area contributed by atoms with Crippen LogP contribution < -0.4 is 26.4 Å². The molecule has 0 saturated heterocycles. The lowest BCUT2D eigenvalue weighted by Gasteiger charge is -2.14. The van der Waals surface area contributed by atoms with E-state index in [1.807, 2.05) is 11.4 Å². The molecule has 58 heavy (non-hydrogen) atoms. The van der Waals surface area contributed by atoms with Crippen LogP contribution in [0.2, 0.25) is 10.0 Å². The number of hydrogen-bond donors (Lipinski definition) is 4. The summed E-state index contributed by atoms with van der Waals surface area (Å²) in [5.41, 5.74) is 3.88. The third-order valence-corrected chi connectivity index (χ3v) is 8.04. The van der Waals surface area contributed by atoms with E-state index in [9.17, 15) is 47.1 Å². The fourth-order valence-corrected chi connectivity index (χ4v) is 5.04. The molecule has 17 nitrogen and oxygen atoms in total. The van der Waals surface area contributed by atoms with Gasteiger partial charge < -0.3 is 34.7 Å². The largest absolute Gasteiger partial charge is 0.778 e. The SMILES string of the molecule is CCOC(=O)C(Cl)Cc1cc(-n2nc(C)n(C(F)F)c2=O)c(F)cc1Cl.C[S+](C)C.Nc1c([N+](=O)[O-])ccc(Oc2ccccc2)c1Cl.O=C(O)CNCP(=O)([O-])O. The van der Waals surface area contributed by atoms with Gasteiger partial charge in [-0.05, 0) is 60.6 Å². The summed E-state index contributed by atoms with van der Waals surface area (Å²) >= 11 is 17.8. The number of hydrogen-bond acceptors (Lipinski definition) is 12. The zero-order chi connectivity index (χ0) is 44.5. The molecule has 4 rings (SSSR count). The number of ether oxygens (including phenoxy) is 2. The number of aliphatic carboxylic acids is 1. The van der Waals surface area contributed by atoms with Gasteiger partial charge >= 0.3 is 24.2 Å². The average Bonchev–Trinajstić information content (AvgIpc) is 3.41. The molecule has 25 heteroatoms. The van der Waals surface area contributed by atoms with Crippen molar-refractivity contribution in [1.82, 2.24) is 19.7 Å². The Morgan fingerprint density at radius 1 is 1.14 bits per heavy atom. The third-order valence-electron chi connectivity index (χ3n) is 6.34. The molecule has 2 unspecified atom stereocenters. The average molecular weight is 922 g/mol. The van der Waals surface area contributed by atoms with Gasteiger partial charge in [0.2, 0.25) is 0 Å². The molecule has 4 aromatic rings. The molecule has 1 aromatic heterocycles. The topological polar surface area (TPSA) is 254 Å². The van der Waals surface area contributed by atoms with E-state index in [0.717, 1.165) is 12.1 Å². The van der Waals surface area contributed by atoms with Crippen LogP contribution in [0.4, 0.5) is 24.5 Å². The normalized spacial score (nSPS) is 12.1. The number of nitro groups is 1. The summed E-state index contributed by atoms with van der Waals surface area (Å²) in [5, 5.41) is 23.2. The number of rotatable bonds is 13. The van der Waals surface area contributed by atoms with Crippen LogP contribution in [0.15, 0.2) is 59.4 Å². The Balaban J connectivity index is 0.000000453. The lowest BCUT2D eigenvalue weighted by Crippen LogP contribution is -2.25. The highest BCUT2D eigenvalue weighted by Crippen LogP contribution is 2.39. The number of nitrogen functional groups attached to an aromatic ring is 1. The Kier molecular flexibility index (Phi) is 21.9. The molecule has 2 atom stereocenters. The fourth-order valence-electron chi connectivity index (χ4n) is 3.99. The Morgan fingerprint density at radius 2 is 1.72 bits per heavy atom. The fraction of sp³-hybridized carbons (Fsp3) is 0.333. The predicted molar refractivity (Wildman–Crippen MR) is 213 cm³/mol. The number of carboxylic acid groups (broad SMARTS) is 1. The van der Waals surface area contributed by atoms with Gasteiger partial charge in [-0.25, -0.2) is 13.8 Å². The van der Waals surface area contributed by atoms with Crippen molar-refractivity contribution in [2.45, 2.75) is 32.2 Å². The molecule has 3 aromatic carbocycles. The second-order valence-corrected chi connectivity index (χ2v) is 16.9. The first-order valence-electron chi connectivity index (χ1n) is 16.1. The van der Waals surface area contributed by atoms with Gasteiger partial charge in [0.05, 0.1) is 43.1 Å². The van der Waals surface area contributed by atoms with E-state index >= 15 is 0 Å². The zero-order valence-corrected chi connectivity index (χ0v) is 35.2. The zero-order valence-electron chi connectivity index (χ0n) is 31.2. The molecule has 1 heterocycles. The molecular formula is C33H39Cl3F3N6O11PS. The van der Waals surface area contributed by atoms with E-state index in [0.29, 0.717) is 21.3 Å². The minimum Gasteiger partial charge on any atom is -0.778 e. The van der Waals surface area contributed by atoms with Crippen molar-refractivity contribution in [3.63, 3.8) is 0 Å². The number of aryl methyl sites for hydroxylation is 1. The predicted octanol–water partition coefficient (Wildman–Crippen LogP) is 5.52. The number of halogens is 6. The van der Waals surface area contributed by atoms with E-state index in [1.165, 1.54) is 19.1 Å². The maximum Gasteiger partial charge on any atom is 0.355 e. The van der Waals surface area contributed by atoms with Crippen LogP contribution >= 0.6 is 42.4 Å². The minimum atomic E-state index is -4.35. The van der Waals surface area contributed by atoms with Gasteiger partial charge in [0.25, 0.3) is 5.69 Å². The first-order chi connectivity index (χ1) is 26.9. The first kappa shape index (κ1) is 51.7. The van der Waals surface area contributed by atoms with E-state index in [1.54, 1.807) is 31.2 Å². The summed E-state index contributed by atoms with van der Waals surface area (Å²) in [6, 6.07) is 13.7. The van der Waals surface area contributed by atoms with Crippen molar-refractivity contribution in [1.29, 1.82) is 0 Å². The van der Waals surface area contributed by atoms with Crippen molar-refractivity contribution in [3.05, 3.63) is 102 Å². The molecule has 320 valence electrons. The Labute approximate surface area is 347 Å². The van der Waals surface area contributed by atoms with Gasteiger partial charge in [0.15, 0.2) is 5.82 Å².